The van der Waals surface area contributed by atoms with Gasteiger partial charge in [0.25, 0.3) is 5.69 Å². The molecule has 0 spiro atoms. The molecule has 1 aromatic heterocycles. The molecule has 5 nitrogen and oxygen atoms in total. The summed E-state index contributed by atoms with van der Waals surface area (Å²) in [6, 6.07) is 10.6. The van der Waals surface area contributed by atoms with Crippen LogP contribution in [-0.4, -0.2) is 17.0 Å². The number of rotatable bonds is 3. The van der Waals surface area contributed by atoms with E-state index in [4.69, 9.17) is 0 Å². The molecule has 2 rings (SSSR count). The summed E-state index contributed by atoms with van der Waals surface area (Å²) in [5.41, 5.74) is 2.57. The molecule has 0 bridgehead atoms. The summed E-state index contributed by atoms with van der Waals surface area (Å²) in [6.07, 6.45) is 0. The summed E-state index contributed by atoms with van der Waals surface area (Å²) < 4.78 is 0. The fraction of sp³-hybridized carbons (Fsp3) is 0.154. The number of aromatic nitrogens is 1. The summed E-state index contributed by atoms with van der Waals surface area (Å²) in [7, 11) is 1.69. The van der Waals surface area contributed by atoms with Crippen molar-refractivity contribution in [1.29, 1.82) is 0 Å². The summed E-state index contributed by atoms with van der Waals surface area (Å²) in [4.78, 5) is 14.8. The SMILES string of the molecule is CNc1cc([N+](=O)[O-])cc(-c2ccccc2C)n1. The van der Waals surface area contributed by atoms with Crippen molar-refractivity contribution < 1.29 is 4.92 Å². The van der Waals surface area contributed by atoms with Gasteiger partial charge in [-0.25, -0.2) is 4.98 Å². The smallest absolute Gasteiger partial charge is 0.275 e. The van der Waals surface area contributed by atoms with Gasteiger partial charge < -0.3 is 5.32 Å². The highest BCUT2D eigenvalue weighted by atomic mass is 16.6. The Morgan fingerprint density at radius 3 is 2.61 bits per heavy atom. The van der Waals surface area contributed by atoms with Crippen molar-refractivity contribution in [2.24, 2.45) is 0 Å². The fourth-order valence-electron chi connectivity index (χ4n) is 1.75. The Balaban J connectivity index is 2.60. The van der Waals surface area contributed by atoms with E-state index in [0.717, 1.165) is 11.1 Å². The molecule has 0 aliphatic rings. The number of aryl methyl sites for hydroxylation is 1. The number of anilines is 1. The van der Waals surface area contributed by atoms with Crippen LogP contribution in [0.2, 0.25) is 0 Å². The van der Waals surface area contributed by atoms with Crippen molar-refractivity contribution in [3.8, 4) is 11.3 Å². The molecule has 1 N–H and O–H groups in total. The maximum atomic E-state index is 10.9. The minimum absolute atomic E-state index is 0.0348. The summed E-state index contributed by atoms with van der Waals surface area (Å²) in [5, 5.41) is 13.7. The molecule has 0 aliphatic heterocycles. The number of hydrogen-bond acceptors (Lipinski definition) is 4. The predicted octanol–water partition coefficient (Wildman–Crippen LogP) is 3.01. The van der Waals surface area contributed by atoms with Gasteiger partial charge in [-0.2, -0.15) is 0 Å². The summed E-state index contributed by atoms with van der Waals surface area (Å²) in [6.45, 7) is 1.95. The van der Waals surface area contributed by atoms with Crippen LogP contribution in [0.3, 0.4) is 0 Å². The molecule has 0 unspecified atom stereocenters. The maximum Gasteiger partial charge on any atom is 0.275 e. The van der Waals surface area contributed by atoms with Crippen LogP contribution in [0, 0.1) is 17.0 Å². The molecule has 0 atom stereocenters. The van der Waals surface area contributed by atoms with Gasteiger partial charge in [-0.3, -0.25) is 10.1 Å². The minimum Gasteiger partial charge on any atom is -0.373 e. The van der Waals surface area contributed by atoms with Crippen molar-refractivity contribution in [2.75, 3.05) is 12.4 Å². The van der Waals surface area contributed by atoms with Gasteiger partial charge in [-0.15, -0.1) is 0 Å². The Morgan fingerprint density at radius 1 is 1.28 bits per heavy atom. The van der Waals surface area contributed by atoms with E-state index in [-0.39, 0.29) is 5.69 Å². The van der Waals surface area contributed by atoms with E-state index in [2.05, 4.69) is 10.3 Å². The van der Waals surface area contributed by atoms with Crippen LogP contribution in [-0.2, 0) is 0 Å². The van der Waals surface area contributed by atoms with Gasteiger partial charge in [0.15, 0.2) is 0 Å². The third-order valence-electron chi connectivity index (χ3n) is 2.70. The highest BCUT2D eigenvalue weighted by molar-refractivity contribution is 5.68. The summed E-state index contributed by atoms with van der Waals surface area (Å²) >= 11 is 0. The first-order chi connectivity index (χ1) is 8.61. The molecule has 5 heteroatoms. The first-order valence-corrected chi connectivity index (χ1v) is 5.52. The average Bonchev–Trinajstić information content (AvgIpc) is 2.38. The van der Waals surface area contributed by atoms with Crippen molar-refractivity contribution >= 4 is 11.5 Å². The van der Waals surface area contributed by atoms with Gasteiger partial charge in [-0.1, -0.05) is 24.3 Å². The lowest BCUT2D eigenvalue weighted by Gasteiger charge is -2.07. The van der Waals surface area contributed by atoms with E-state index in [1.807, 2.05) is 31.2 Å². The number of benzene rings is 1. The molecule has 0 saturated carbocycles. The molecular weight excluding hydrogens is 230 g/mol. The lowest BCUT2D eigenvalue weighted by molar-refractivity contribution is -0.384. The lowest BCUT2D eigenvalue weighted by atomic mass is 10.1. The molecule has 0 radical (unpaired) electrons. The van der Waals surface area contributed by atoms with Gasteiger partial charge in [0.2, 0.25) is 0 Å². The van der Waals surface area contributed by atoms with Crippen LogP contribution in [0.15, 0.2) is 36.4 Å². The standard InChI is InChI=1S/C13H13N3O2/c1-9-5-3-4-6-11(9)12-7-10(16(17)18)8-13(14-2)15-12/h3-8H,1-2H3,(H,14,15). The Hall–Kier alpha value is -2.43. The average molecular weight is 243 g/mol. The molecule has 0 aliphatic carbocycles. The predicted molar refractivity (Wildman–Crippen MR) is 70.6 cm³/mol. The van der Waals surface area contributed by atoms with Gasteiger partial charge >= 0.3 is 0 Å². The highest BCUT2D eigenvalue weighted by Gasteiger charge is 2.12. The first kappa shape index (κ1) is 12.0. The number of pyridine rings is 1. The highest BCUT2D eigenvalue weighted by Crippen LogP contribution is 2.27. The zero-order valence-electron chi connectivity index (χ0n) is 10.2. The third kappa shape index (κ3) is 2.29. The third-order valence-corrected chi connectivity index (χ3v) is 2.70. The van der Waals surface area contributed by atoms with Crippen LogP contribution in [0.25, 0.3) is 11.3 Å². The zero-order valence-corrected chi connectivity index (χ0v) is 10.2. The zero-order chi connectivity index (χ0) is 13.1. The lowest BCUT2D eigenvalue weighted by Crippen LogP contribution is -1.98. The Bertz CT molecular complexity index is 597. The molecule has 18 heavy (non-hydrogen) atoms. The minimum atomic E-state index is -0.412. The quantitative estimate of drug-likeness (QED) is 0.664. The van der Waals surface area contributed by atoms with Gasteiger partial charge in [-0.05, 0) is 12.5 Å². The number of nitrogens with one attached hydrogen (secondary N) is 1. The van der Waals surface area contributed by atoms with E-state index < -0.39 is 4.92 Å². The molecule has 0 amide bonds. The van der Waals surface area contributed by atoms with E-state index in [9.17, 15) is 10.1 Å². The Labute approximate surface area is 105 Å². The van der Waals surface area contributed by atoms with E-state index in [0.29, 0.717) is 11.5 Å². The maximum absolute atomic E-state index is 10.9. The number of nitrogens with zero attached hydrogens (tertiary/aromatic N) is 2. The molecule has 1 aromatic carbocycles. The molecule has 2 aromatic rings. The van der Waals surface area contributed by atoms with Crippen LogP contribution in [0.1, 0.15) is 5.56 Å². The topological polar surface area (TPSA) is 68.1 Å². The Morgan fingerprint density at radius 2 is 2.00 bits per heavy atom. The molecular formula is C13H13N3O2. The van der Waals surface area contributed by atoms with Crippen LogP contribution in [0.4, 0.5) is 11.5 Å². The second kappa shape index (κ2) is 4.83. The Kier molecular flexibility index (Phi) is 3.23. The summed E-state index contributed by atoms with van der Waals surface area (Å²) in [5.74, 6) is 0.488. The van der Waals surface area contributed by atoms with E-state index >= 15 is 0 Å². The normalized spacial score (nSPS) is 10.1. The fourth-order valence-corrected chi connectivity index (χ4v) is 1.75. The second-order valence-corrected chi connectivity index (χ2v) is 3.92. The molecule has 1 heterocycles. The number of nitro groups is 1. The number of hydrogen-bond donors (Lipinski definition) is 1. The van der Waals surface area contributed by atoms with Crippen molar-refractivity contribution in [2.45, 2.75) is 6.92 Å². The van der Waals surface area contributed by atoms with Gasteiger partial charge in [0.05, 0.1) is 16.7 Å². The monoisotopic (exact) mass is 243 g/mol. The largest absolute Gasteiger partial charge is 0.373 e. The van der Waals surface area contributed by atoms with Gasteiger partial charge in [0.1, 0.15) is 5.82 Å². The van der Waals surface area contributed by atoms with Crippen molar-refractivity contribution in [1.82, 2.24) is 4.98 Å². The molecule has 0 saturated heterocycles. The first-order valence-electron chi connectivity index (χ1n) is 5.52. The molecule has 0 fully saturated rings. The van der Waals surface area contributed by atoms with E-state index in [1.165, 1.54) is 12.1 Å². The van der Waals surface area contributed by atoms with Crippen molar-refractivity contribution in [3.63, 3.8) is 0 Å². The van der Waals surface area contributed by atoms with Crippen molar-refractivity contribution in [3.05, 3.63) is 52.1 Å². The van der Waals surface area contributed by atoms with Crippen LogP contribution in [0.5, 0.6) is 0 Å². The second-order valence-electron chi connectivity index (χ2n) is 3.92. The van der Waals surface area contributed by atoms with Crippen LogP contribution >= 0.6 is 0 Å². The van der Waals surface area contributed by atoms with E-state index in [1.54, 1.807) is 7.05 Å². The van der Waals surface area contributed by atoms with Crippen LogP contribution < -0.4 is 5.32 Å². The molecule has 92 valence electrons. The van der Waals surface area contributed by atoms with Gasteiger partial charge in [0, 0.05) is 18.7 Å².